The third-order valence-corrected chi connectivity index (χ3v) is 4.42. The second-order valence-corrected chi connectivity index (χ2v) is 6.15. The Morgan fingerprint density at radius 3 is 3.12 bits per heavy atom. The van der Waals surface area contributed by atoms with Crippen LogP contribution in [0.1, 0.15) is 5.82 Å². The Morgan fingerprint density at radius 2 is 2.38 bits per heavy atom. The lowest BCUT2D eigenvalue weighted by Gasteiger charge is -2.32. The number of nitrogens with one attached hydrogen (secondary N) is 1. The SMILES string of the molecule is COCC1CN(C(=O)NCc2nc3cccc(Cl)c3n2C)CCO1. The molecule has 1 aromatic carbocycles. The summed E-state index contributed by atoms with van der Waals surface area (Å²) >= 11 is 6.22. The minimum absolute atomic E-state index is 0.0796. The van der Waals surface area contributed by atoms with Crippen LogP contribution >= 0.6 is 11.6 Å². The van der Waals surface area contributed by atoms with Crippen LogP contribution in [0.25, 0.3) is 11.0 Å². The van der Waals surface area contributed by atoms with Crippen LogP contribution in [-0.4, -0.2) is 60.0 Å². The van der Waals surface area contributed by atoms with Crippen molar-refractivity contribution in [2.24, 2.45) is 7.05 Å². The van der Waals surface area contributed by atoms with Gasteiger partial charge >= 0.3 is 6.03 Å². The molecule has 130 valence electrons. The fraction of sp³-hybridized carbons (Fsp3) is 0.500. The molecular weight excluding hydrogens is 332 g/mol. The standard InChI is InChI=1S/C16H21ClN4O3/c1-20-14(19-13-5-3-4-12(17)15(13)20)8-18-16(22)21-6-7-24-11(9-21)10-23-2/h3-5,11H,6-10H2,1-2H3,(H,18,22). The van der Waals surface area contributed by atoms with Gasteiger partial charge in [-0.05, 0) is 12.1 Å². The van der Waals surface area contributed by atoms with Gasteiger partial charge in [-0.3, -0.25) is 0 Å². The number of hydrogen-bond donors (Lipinski definition) is 1. The predicted molar refractivity (Wildman–Crippen MR) is 91.1 cm³/mol. The molecule has 0 spiro atoms. The minimum atomic E-state index is -0.127. The van der Waals surface area contributed by atoms with Gasteiger partial charge in [0.15, 0.2) is 0 Å². The van der Waals surface area contributed by atoms with Crippen molar-refractivity contribution in [2.75, 3.05) is 33.4 Å². The highest BCUT2D eigenvalue weighted by Gasteiger charge is 2.24. The third kappa shape index (κ3) is 3.48. The van der Waals surface area contributed by atoms with Crippen LogP contribution in [0.3, 0.4) is 0 Å². The fourth-order valence-corrected chi connectivity index (χ4v) is 3.18. The highest BCUT2D eigenvalue weighted by Crippen LogP contribution is 2.23. The quantitative estimate of drug-likeness (QED) is 0.910. The lowest BCUT2D eigenvalue weighted by atomic mass is 10.3. The smallest absolute Gasteiger partial charge is 0.317 e. The Hall–Kier alpha value is -1.83. The first-order valence-electron chi connectivity index (χ1n) is 7.83. The van der Waals surface area contributed by atoms with E-state index in [1.54, 1.807) is 12.0 Å². The number of halogens is 1. The average Bonchev–Trinajstić information content (AvgIpc) is 2.90. The summed E-state index contributed by atoms with van der Waals surface area (Å²) in [7, 11) is 3.52. The van der Waals surface area contributed by atoms with Gasteiger partial charge in [0.25, 0.3) is 0 Å². The van der Waals surface area contributed by atoms with Gasteiger partial charge in [-0.2, -0.15) is 0 Å². The number of hydrogen-bond acceptors (Lipinski definition) is 4. The number of rotatable bonds is 4. The second-order valence-electron chi connectivity index (χ2n) is 5.75. The molecule has 1 fully saturated rings. The molecule has 2 heterocycles. The summed E-state index contributed by atoms with van der Waals surface area (Å²) in [5.41, 5.74) is 1.69. The molecule has 0 aliphatic carbocycles. The lowest BCUT2D eigenvalue weighted by molar-refractivity contribution is -0.0494. The number of fused-ring (bicyclic) bond motifs is 1. The highest BCUT2D eigenvalue weighted by molar-refractivity contribution is 6.35. The van der Waals surface area contributed by atoms with Gasteiger partial charge in [0.05, 0.1) is 48.5 Å². The number of ether oxygens (including phenoxy) is 2. The number of morpholine rings is 1. The molecule has 3 rings (SSSR count). The zero-order chi connectivity index (χ0) is 17.1. The first-order valence-corrected chi connectivity index (χ1v) is 8.21. The number of benzene rings is 1. The Morgan fingerprint density at radius 1 is 1.54 bits per heavy atom. The van der Waals surface area contributed by atoms with Crippen molar-refractivity contribution in [3.63, 3.8) is 0 Å². The van der Waals surface area contributed by atoms with Crippen LogP contribution in [0.2, 0.25) is 5.02 Å². The predicted octanol–water partition coefficient (Wildman–Crippen LogP) is 1.78. The van der Waals surface area contributed by atoms with Crippen LogP contribution in [-0.2, 0) is 23.1 Å². The van der Waals surface area contributed by atoms with Gasteiger partial charge in [-0.1, -0.05) is 17.7 Å². The van der Waals surface area contributed by atoms with Crippen LogP contribution < -0.4 is 5.32 Å². The van der Waals surface area contributed by atoms with Crippen LogP contribution in [0.5, 0.6) is 0 Å². The molecule has 1 atom stereocenters. The van der Waals surface area contributed by atoms with E-state index < -0.39 is 0 Å². The maximum atomic E-state index is 12.4. The van der Waals surface area contributed by atoms with E-state index >= 15 is 0 Å². The summed E-state index contributed by atoms with van der Waals surface area (Å²) in [4.78, 5) is 18.6. The lowest BCUT2D eigenvalue weighted by Crippen LogP contribution is -2.50. The number of urea groups is 1. The van der Waals surface area contributed by atoms with E-state index in [1.807, 2.05) is 29.8 Å². The molecule has 2 aromatic rings. The summed E-state index contributed by atoms with van der Waals surface area (Å²) < 4.78 is 12.6. The second kappa shape index (κ2) is 7.38. The summed E-state index contributed by atoms with van der Waals surface area (Å²) in [6.07, 6.45) is -0.0796. The van der Waals surface area contributed by atoms with Crippen LogP contribution in [0.15, 0.2) is 18.2 Å². The van der Waals surface area contributed by atoms with Crippen molar-refractivity contribution >= 4 is 28.7 Å². The first-order chi connectivity index (χ1) is 11.6. The highest BCUT2D eigenvalue weighted by atomic mass is 35.5. The molecule has 1 N–H and O–H groups in total. The van der Waals surface area contributed by atoms with Gasteiger partial charge in [-0.25, -0.2) is 9.78 Å². The third-order valence-electron chi connectivity index (χ3n) is 4.11. The largest absolute Gasteiger partial charge is 0.382 e. The van der Waals surface area contributed by atoms with E-state index in [9.17, 15) is 4.79 Å². The van der Waals surface area contributed by atoms with Gasteiger partial charge in [0.2, 0.25) is 0 Å². The van der Waals surface area contributed by atoms with E-state index in [0.29, 0.717) is 37.9 Å². The van der Waals surface area contributed by atoms with E-state index in [2.05, 4.69) is 10.3 Å². The van der Waals surface area contributed by atoms with Gasteiger partial charge in [-0.15, -0.1) is 0 Å². The van der Waals surface area contributed by atoms with Crippen LogP contribution in [0, 0.1) is 0 Å². The van der Waals surface area contributed by atoms with Gasteiger partial charge in [0.1, 0.15) is 5.82 Å². The number of aromatic nitrogens is 2. The summed E-state index contributed by atoms with van der Waals surface area (Å²) in [6, 6.07) is 5.48. The Bertz CT molecular complexity index is 731. The Labute approximate surface area is 145 Å². The van der Waals surface area contributed by atoms with Gasteiger partial charge < -0.3 is 24.3 Å². The normalized spacial score (nSPS) is 18.1. The number of methoxy groups -OCH3 is 1. The number of para-hydroxylation sites is 1. The average molecular weight is 353 g/mol. The first kappa shape index (κ1) is 17.0. The molecular formula is C16H21ClN4O3. The monoisotopic (exact) mass is 352 g/mol. The van der Waals surface area contributed by atoms with Gasteiger partial charge in [0, 0.05) is 20.7 Å². The molecule has 1 aromatic heterocycles. The van der Waals surface area contributed by atoms with Crippen molar-refractivity contribution < 1.29 is 14.3 Å². The molecule has 1 saturated heterocycles. The van der Waals surface area contributed by atoms with Crippen molar-refractivity contribution in [1.29, 1.82) is 0 Å². The Balaban J connectivity index is 1.64. The number of aryl methyl sites for hydroxylation is 1. The molecule has 8 heteroatoms. The maximum absolute atomic E-state index is 12.4. The van der Waals surface area contributed by atoms with E-state index in [0.717, 1.165) is 16.9 Å². The van der Waals surface area contributed by atoms with Crippen molar-refractivity contribution in [3.05, 3.63) is 29.0 Å². The van der Waals surface area contributed by atoms with Crippen molar-refractivity contribution in [3.8, 4) is 0 Å². The summed E-state index contributed by atoms with van der Waals surface area (Å²) in [6.45, 7) is 2.43. The zero-order valence-corrected chi connectivity index (χ0v) is 14.5. The molecule has 0 saturated carbocycles. The number of carbonyl (C=O) groups is 1. The molecule has 7 nitrogen and oxygen atoms in total. The number of amides is 2. The molecule has 1 unspecified atom stereocenters. The molecule has 24 heavy (non-hydrogen) atoms. The topological polar surface area (TPSA) is 68.6 Å². The number of nitrogens with zero attached hydrogens (tertiary/aromatic N) is 3. The van der Waals surface area contributed by atoms with E-state index in [-0.39, 0.29) is 12.1 Å². The van der Waals surface area contributed by atoms with Crippen LogP contribution in [0.4, 0.5) is 4.79 Å². The number of carbonyl (C=O) groups excluding carboxylic acids is 1. The summed E-state index contributed by atoms with van der Waals surface area (Å²) in [5.74, 6) is 0.758. The van der Waals surface area contributed by atoms with E-state index in [4.69, 9.17) is 21.1 Å². The Kier molecular flexibility index (Phi) is 5.23. The molecule has 0 radical (unpaired) electrons. The summed E-state index contributed by atoms with van der Waals surface area (Å²) in [5, 5.41) is 3.57. The number of imidazole rings is 1. The molecule has 1 aliphatic rings. The molecule has 2 amide bonds. The molecule has 1 aliphatic heterocycles. The van der Waals surface area contributed by atoms with Crippen molar-refractivity contribution in [2.45, 2.75) is 12.6 Å². The van der Waals surface area contributed by atoms with Crippen molar-refractivity contribution in [1.82, 2.24) is 19.8 Å². The van der Waals surface area contributed by atoms with E-state index in [1.165, 1.54) is 0 Å². The zero-order valence-electron chi connectivity index (χ0n) is 13.8. The minimum Gasteiger partial charge on any atom is -0.382 e. The molecule has 0 bridgehead atoms. The fourth-order valence-electron chi connectivity index (χ4n) is 2.88. The maximum Gasteiger partial charge on any atom is 0.317 e.